The van der Waals surface area contributed by atoms with Gasteiger partial charge in [0.2, 0.25) is 5.82 Å². The molecule has 7 heteroatoms. The molecule has 0 amide bonds. The lowest BCUT2D eigenvalue weighted by molar-refractivity contribution is 0.564. The first kappa shape index (κ1) is 8.97. The molecule has 0 spiro atoms. The molecule has 0 saturated heterocycles. The normalized spacial score (nSPS) is 12.6. The maximum absolute atomic E-state index is 10.7. The SMILES string of the molecule is O=S(O)c1ccc(-c2nn[nH]n2)cc1. The average molecular weight is 210 g/mol. The second kappa shape index (κ2) is 3.64. The van der Waals surface area contributed by atoms with Gasteiger partial charge in [-0.3, -0.25) is 0 Å². The minimum atomic E-state index is -1.95. The Morgan fingerprint density at radius 1 is 1.29 bits per heavy atom. The van der Waals surface area contributed by atoms with Gasteiger partial charge in [0.25, 0.3) is 0 Å². The maximum atomic E-state index is 10.7. The molecule has 1 aromatic carbocycles. The predicted octanol–water partition coefficient (Wildman–Crippen LogP) is 0.447. The number of rotatable bonds is 2. The van der Waals surface area contributed by atoms with Crippen molar-refractivity contribution in [1.29, 1.82) is 0 Å². The molecule has 1 unspecified atom stereocenters. The van der Waals surface area contributed by atoms with E-state index in [1.54, 1.807) is 24.3 Å². The summed E-state index contributed by atoms with van der Waals surface area (Å²) in [4.78, 5) is 0.345. The van der Waals surface area contributed by atoms with Crippen LogP contribution < -0.4 is 0 Å². The van der Waals surface area contributed by atoms with E-state index in [-0.39, 0.29) is 0 Å². The van der Waals surface area contributed by atoms with Gasteiger partial charge in [-0.15, -0.1) is 10.2 Å². The smallest absolute Gasteiger partial charge is 0.204 e. The predicted molar refractivity (Wildman–Crippen MR) is 48.7 cm³/mol. The lowest BCUT2D eigenvalue weighted by Gasteiger charge is -1.95. The number of hydrogen-bond donors (Lipinski definition) is 2. The first-order valence-corrected chi connectivity index (χ1v) is 4.83. The Hall–Kier alpha value is -1.60. The third-order valence-corrected chi connectivity index (χ3v) is 2.33. The fourth-order valence-electron chi connectivity index (χ4n) is 1.00. The first-order chi connectivity index (χ1) is 6.77. The Bertz CT molecular complexity index is 439. The molecule has 0 aliphatic heterocycles. The van der Waals surface area contributed by atoms with Crippen LogP contribution >= 0.6 is 0 Å². The van der Waals surface area contributed by atoms with Crippen molar-refractivity contribution < 1.29 is 8.76 Å². The van der Waals surface area contributed by atoms with Crippen LogP contribution in [0.4, 0.5) is 0 Å². The van der Waals surface area contributed by atoms with Gasteiger partial charge >= 0.3 is 0 Å². The fraction of sp³-hybridized carbons (Fsp3) is 0. The Morgan fingerprint density at radius 2 is 2.00 bits per heavy atom. The van der Waals surface area contributed by atoms with E-state index in [0.29, 0.717) is 10.7 Å². The minimum absolute atomic E-state index is 0.345. The van der Waals surface area contributed by atoms with E-state index in [2.05, 4.69) is 20.6 Å². The summed E-state index contributed by atoms with van der Waals surface area (Å²) >= 11 is -1.95. The monoisotopic (exact) mass is 210 g/mol. The zero-order valence-electron chi connectivity index (χ0n) is 6.91. The van der Waals surface area contributed by atoms with E-state index in [1.807, 2.05) is 0 Å². The molecule has 0 aliphatic carbocycles. The Kier molecular flexibility index (Phi) is 2.33. The molecule has 1 heterocycles. The van der Waals surface area contributed by atoms with Crippen LogP contribution in [0, 0.1) is 0 Å². The number of nitrogens with zero attached hydrogens (tertiary/aromatic N) is 3. The van der Waals surface area contributed by atoms with E-state index in [9.17, 15) is 4.21 Å². The highest BCUT2D eigenvalue weighted by molar-refractivity contribution is 7.79. The van der Waals surface area contributed by atoms with Crippen molar-refractivity contribution >= 4 is 11.1 Å². The first-order valence-electron chi connectivity index (χ1n) is 3.72. The molecule has 0 aliphatic rings. The Labute approximate surface area is 81.6 Å². The van der Waals surface area contributed by atoms with Gasteiger partial charge in [-0.1, -0.05) is 0 Å². The van der Waals surface area contributed by atoms with Crippen molar-refractivity contribution in [3.05, 3.63) is 24.3 Å². The molecule has 0 fully saturated rings. The summed E-state index contributed by atoms with van der Waals surface area (Å²) in [5.74, 6) is 0.459. The highest BCUT2D eigenvalue weighted by Gasteiger charge is 2.03. The van der Waals surface area contributed by atoms with Gasteiger partial charge in [-0.25, -0.2) is 4.21 Å². The molecule has 6 nitrogen and oxygen atoms in total. The van der Waals surface area contributed by atoms with Gasteiger partial charge in [0.1, 0.15) is 0 Å². The van der Waals surface area contributed by atoms with Gasteiger partial charge < -0.3 is 4.55 Å². The van der Waals surface area contributed by atoms with Crippen molar-refractivity contribution in [2.45, 2.75) is 4.90 Å². The van der Waals surface area contributed by atoms with Crippen LogP contribution in [0.3, 0.4) is 0 Å². The van der Waals surface area contributed by atoms with E-state index < -0.39 is 11.1 Å². The molecule has 0 radical (unpaired) electrons. The number of benzene rings is 1. The third-order valence-electron chi connectivity index (χ3n) is 1.66. The van der Waals surface area contributed by atoms with Crippen molar-refractivity contribution in [3.8, 4) is 11.4 Å². The summed E-state index contributed by atoms with van der Waals surface area (Å²) in [7, 11) is 0. The molecule has 14 heavy (non-hydrogen) atoms. The van der Waals surface area contributed by atoms with Gasteiger partial charge in [-0.2, -0.15) is 5.21 Å². The van der Waals surface area contributed by atoms with E-state index in [1.165, 1.54) is 0 Å². The zero-order chi connectivity index (χ0) is 9.97. The van der Waals surface area contributed by atoms with Crippen molar-refractivity contribution in [2.75, 3.05) is 0 Å². The van der Waals surface area contributed by atoms with Crippen LogP contribution in [0.25, 0.3) is 11.4 Å². The number of nitrogens with one attached hydrogen (secondary N) is 1. The third kappa shape index (κ3) is 1.68. The van der Waals surface area contributed by atoms with Crippen LogP contribution in [0.5, 0.6) is 0 Å². The number of aromatic nitrogens is 4. The summed E-state index contributed by atoms with van der Waals surface area (Å²) < 4.78 is 19.4. The average Bonchev–Trinajstić information content (AvgIpc) is 2.71. The summed E-state index contributed by atoms with van der Waals surface area (Å²) in [5.41, 5.74) is 0.743. The lowest BCUT2D eigenvalue weighted by atomic mass is 10.2. The van der Waals surface area contributed by atoms with E-state index in [4.69, 9.17) is 4.55 Å². The van der Waals surface area contributed by atoms with Crippen molar-refractivity contribution in [1.82, 2.24) is 20.6 Å². The molecular weight excluding hydrogens is 204 g/mol. The standard InChI is InChI=1S/C7H6N4O2S/c12-14(13)6-3-1-5(2-4-6)7-8-10-11-9-7/h1-4H,(H,12,13)(H,8,9,10,11). The van der Waals surface area contributed by atoms with Crippen LogP contribution in [-0.2, 0) is 11.1 Å². The number of hydrogen-bond acceptors (Lipinski definition) is 4. The molecule has 1 atom stereocenters. The number of aromatic amines is 1. The molecule has 2 aromatic rings. The summed E-state index contributed by atoms with van der Waals surface area (Å²) in [6.07, 6.45) is 0. The van der Waals surface area contributed by atoms with Crippen LogP contribution in [0.2, 0.25) is 0 Å². The molecule has 0 saturated carbocycles. The molecule has 1 aromatic heterocycles. The molecular formula is C7H6N4O2S. The summed E-state index contributed by atoms with van der Waals surface area (Å²) in [6, 6.07) is 6.41. The minimum Gasteiger partial charge on any atom is -0.302 e. The second-order valence-corrected chi connectivity index (χ2v) is 3.48. The van der Waals surface area contributed by atoms with Gasteiger partial charge in [-0.05, 0) is 29.5 Å². The molecule has 2 rings (SSSR count). The quantitative estimate of drug-likeness (QED) is 0.702. The van der Waals surface area contributed by atoms with E-state index >= 15 is 0 Å². The topological polar surface area (TPSA) is 91.8 Å². The Balaban J connectivity index is 2.36. The highest BCUT2D eigenvalue weighted by Crippen LogP contribution is 2.14. The molecule has 2 N–H and O–H groups in total. The van der Waals surface area contributed by atoms with Crippen molar-refractivity contribution in [2.24, 2.45) is 0 Å². The summed E-state index contributed by atoms with van der Waals surface area (Å²) in [5, 5.41) is 13.3. The number of H-pyrrole nitrogens is 1. The molecule has 0 bridgehead atoms. The zero-order valence-corrected chi connectivity index (χ0v) is 7.73. The highest BCUT2D eigenvalue weighted by atomic mass is 32.2. The molecule has 72 valence electrons. The maximum Gasteiger partial charge on any atom is 0.204 e. The largest absolute Gasteiger partial charge is 0.302 e. The Morgan fingerprint density at radius 3 is 2.50 bits per heavy atom. The lowest BCUT2D eigenvalue weighted by Crippen LogP contribution is -1.88. The van der Waals surface area contributed by atoms with Crippen molar-refractivity contribution in [3.63, 3.8) is 0 Å². The summed E-state index contributed by atoms with van der Waals surface area (Å²) in [6.45, 7) is 0. The van der Waals surface area contributed by atoms with Gasteiger partial charge in [0, 0.05) is 5.56 Å². The van der Waals surface area contributed by atoms with Gasteiger partial charge in [0.15, 0.2) is 11.1 Å². The van der Waals surface area contributed by atoms with E-state index in [0.717, 1.165) is 5.56 Å². The van der Waals surface area contributed by atoms with Crippen LogP contribution in [-0.4, -0.2) is 29.4 Å². The van der Waals surface area contributed by atoms with Crippen LogP contribution in [0.15, 0.2) is 29.2 Å². The second-order valence-electron chi connectivity index (χ2n) is 2.51. The number of tetrazole rings is 1. The van der Waals surface area contributed by atoms with Crippen LogP contribution in [0.1, 0.15) is 0 Å². The van der Waals surface area contributed by atoms with Gasteiger partial charge in [0.05, 0.1) is 4.90 Å². The fourth-order valence-corrected chi connectivity index (χ4v) is 1.37.